The van der Waals surface area contributed by atoms with Crippen LogP contribution in [0.2, 0.25) is 0 Å². The summed E-state index contributed by atoms with van der Waals surface area (Å²) in [4.78, 5) is 66.8. The summed E-state index contributed by atoms with van der Waals surface area (Å²) in [5, 5.41) is 24.1. The lowest BCUT2D eigenvalue weighted by atomic mass is 9.81. The number of piperidine rings is 1. The summed E-state index contributed by atoms with van der Waals surface area (Å²) in [6.07, 6.45) is 6.21. The number of rotatable bonds is 13. The van der Waals surface area contributed by atoms with Crippen molar-refractivity contribution in [2.24, 2.45) is 35.5 Å². The first-order valence-electron chi connectivity index (χ1n) is 26.8. The number of hydrogen-bond donors (Lipinski definition) is 3. The number of hydrogen-bond acceptors (Lipinski definition) is 14. The second kappa shape index (κ2) is 26.5. The number of nitrogens with one attached hydrogen (secondary N) is 1. The van der Waals surface area contributed by atoms with E-state index in [1.54, 1.807) is 21.0 Å². The summed E-state index contributed by atoms with van der Waals surface area (Å²) in [5.41, 5.74) is 3.40. The highest BCUT2D eigenvalue weighted by Crippen LogP contribution is 2.40. The molecular weight excluding hydrogens is 935 g/mol. The predicted molar refractivity (Wildman–Crippen MR) is 275 cm³/mol. The van der Waals surface area contributed by atoms with Gasteiger partial charge < -0.3 is 53.3 Å². The van der Waals surface area contributed by atoms with Crippen molar-refractivity contribution in [3.63, 3.8) is 0 Å². The third kappa shape index (κ3) is 14.6. The molecule has 14 unspecified atom stereocenters. The summed E-state index contributed by atoms with van der Waals surface area (Å²) in [6.45, 7) is 16.5. The molecule has 0 radical (unpaired) electrons. The third-order valence-corrected chi connectivity index (χ3v) is 15.6. The van der Waals surface area contributed by atoms with Crippen LogP contribution < -0.4 is 4.74 Å². The zero-order valence-corrected chi connectivity index (χ0v) is 45.3. The summed E-state index contributed by atoms with van der Waals surface area (Å²) in [7, 11) is 4.74. The van der Waals surface area contributed by atoms with Crippen molar-refractivity contribution < 1.29 is 62.5 Å². The number of fused-ring (bicyclic) bond motifs is 3. The van der Waals surface area contributed by atoms with Crippen LogP contribution in [0.25, 0.3) is 11.3 Å². The summed E-state index contributed by atoms with van der Waals surface area (Å²) in [6, 6.07) is 6.72. The molecule has 2 aromatic rings. The van der Waals surface area contributed by atoms with E-state index < -0.39 is 77.8 Å². The number of Topliss-reactive ketones (excluding diaryl/α,β-unsaturated/α-hetero) is 2. The number of nitrogens with zero attached hydrogens (tertiary/aromatic N) is 2. The largest absolute Gasteiger partial charge is 0.493 e. The van der Waals surface area contributed by atoms with Gasteiger partial charge in [-0.15, -0.1) is 0 Å². The predicted octanol–water partition coefficient (Wildman–Crippen LogP) is 8.12. The van der Waals surface area contributed by atoms with Gasteiger partial charge in [-0.2, -0.15) is 0 Å². The van der Waals surface area contributed by atoms with Crippen LogP contribution in [0.5, 0.6) is 5.75 Å². The normalized spacial score (nSPS) is 34.7. The molecule has 1 aliphatic carbocycles. The van der Waals surface area contributed by atoms with Crippen molar-refractivity contribution >= 4 is 23.4 Å². The number of aliphatic hydroxyl groups is 2. The first-order chi connectivity index (χ1) is 34.8. The fourth-order valence-corrected chi connectivity index (χ4v) is 11.3. The van der Waals surface area contributed by atoms with Crippen molar-refractivity contribution in [1.82, 2.24) is 14.9 Å². The van der Waals surface area contributed by atoms with Crippen LogP contribution in [0.15, 0.2) is 53.8 Å². The Bertz CT molecular complexity index is 2220. The number of methoxy groups -OCH3 is 3. The molecule has 73 heavy (non-hydrogen) atoms. The van der Waals surface area contributed by atoms with Crippen LogP contribution in [0, 0.1) is 35.5 Å². The Labute approximate surface area is 433 Å². The molecule has 1 saturated carbocycles. The zero-order chi connectivity index (χ0) is 53.1. The summed E-state index contributed by atoms with van der Waals surface area (Å²) < 4.78 is 42.9. The molecule has 6 rings (SSSR count). The molecule has 16 heteroatoms. The highest BCUT2D eigenvalue weighted by molar-refractivity contribution is 6.39. The van der Waals surface area contributed by atoms with Crippen molar-refractivity contribution in [3.05, 3.63) is 59.6 Å². The molecule has 0 spiro atoms. The van der Waals surface area contributed by atoms with E-state index in [1.165, 1.54) is 19.1 Å². The van der Waals surface area contributed by atoms with Gasteiger partial charge in [-0.25, -0.2) is 9.78 Å². The Balaban J connectivity index is 1.23. The molecule has 2 saturated heterocycles. The lowest BCUT2D eigenvalue weighted by molar-refractivity contribution is -0.302. The van der Waals surface area contributed by atoms with Crippen LogP contribution in [0.3, 0.4) is 0 Å². The van der Waals surface area contributed by atoms with E-state index in [9.17, 15) is 29.4 Å². The van der Waals surface area contributed by atoms with Crippen molar-refractivity contribution in [2.45, 2.75) is 187 Å². The average Bonchev–Trinajstić information content (AvgIpc) is 3.86. The van der Waals surface area contributed by atoms with Crippen molar-refractivity contribution in [2.75, 3.05) is 34.5 Å². The topological polar surface area (TPSA) is 205 Å². The van der Waals surface area contributed by atoms with Gasteiger partial charge >= 0.3 is 5.97 Å². The number of imidazole rings is 1. The van der Waals surface area contributed by atoms with Gasteiger partial charge in [0.15, 0.2) is 0 Å². The first kappa shape index (κ1) is 58.0. The number of allylic oxidation sites excluding steroid dienone is 3. The van der Waals surface area contributed by atoms with Gasteiger partial charge in [0.2, 0.25) is 5.79 Å². The van der Waals surface area contributed by atoms with Gasteiger partial charge in [0.25, 0.3) is 11.7 Å². The number of aromatic amines is 1. The number of amides is 1. The van der Waals surface area contributed by atoms with Crippen LogP contribution >= 0.6 is 0 Å². The number of cyclic esters (lactones) is 1. The second-order valence-corrected chi connectivity index (χ2v) is 21.9. The molecule has 14 atom stereocenters. The molecule has 1 amide bonds. The molecule has 4 aliphatic rings. The van der Waals surface area contributed by atoms with Gasteiger partial charge in [0.1, 0.15) is 42.2 Å². The van der Waals surface area contributed by atoms with Gasteiger partial charge in [-0.3, -0.25) is 14.4 Å². The molecule has 2 bridgehead atoms. The minimum Gasteiger partial charge on any atom is -0.493 e. The highest BCUT2D eigenvalue weighted by atomic mass is 16.7. The standard InChI is InChI=1S/C57H85N3O13/c1-12-40-23-34(4)22-35(5)24-49(68-10)53-50(69-11)26-37(7)57(66,73-53)54(63)55(64)60-21-14-13-18-44(60)56(65)72-52(38(8)45(61)29-46(40)62)36(6)25-39-19-20-47(48(27-39)67-9)71-32-51-58-30-43(59-51)41-16-15-17-42(28-41)70-31-33(2)3/h15-17,23,25,28,30,33,35,37-40,44-45,47-50,52-53,61,66H,12-14,18-22,24,26-27,29,31-32H2,1-11H3,(H,58,59)/b34-23+,36-25?. The molecule has 4 heterocycles. The Morgan fingerprint density at radius 3 is 2.38 bits per heavy atom. The van der Waals surface area contributed by atoms with Crippen LogP contribution in [0.4, 0.5) is 0 Å². The Morgan fingerprint density at radius 2 is 1.68 bits per heavy atom. The zero-order valence-electron chi connectivity index (χ0n) is 45.3. The minimum absolute atomic E-state index is 0.0113. The highest BCUT2D eigenvalue weighted by Gasteiger charge is 2.56. The van der Waals surface area contributed by atoms with E-state index in [0.717, 1.165) is 29.0 Å². The SMILES string of the molecule is CCC1/C=C(\C)CC(C)CC(OC)C2OC(O)(C(=O)C(=O)N3CCCCC3C(=O)OC(C(C)=CC3CCC(OCc4nc(-c5cccc(OCC(C)C)c5)c[nH]4)C(OC)C3)C(C)C(O)CC1=O)C(C)CC2OC. The maximum atomic E-state index is 14.6. The summed E-state index contributed by atoms with van der Waals surface area (Å²) >= 11 is 0. The quantitative estimate of drug-likeness (QED) is 0.0985. The number of carbonyl (C=O) groups is 4. The van der Waals surface area contributed by atoms with Crippen molar-refractivity contribution in [1.29, 1.82) is 0 Å². The molecule has 406 valence electrons. The molecule has 1 aromatic heterocycles. The molecule has 3 aliphatic heterocycles. The van der Waals surface area contributed by atoms with Crippen LogP contribution in [0.1, 0.15) is 132 Å². The fourth-order valence-electron chi connectivity index (χ4n) is 11.3. The third-order valence-electron chi connectivity index (χ3n) is 15.6. The number of aromatic nitrogens is 2. The average molecular weight is 1020 g/mol. The second-order valence-electron chi connectivity index (χ2n) is 21.9. The van der Waals surface area contributed by atoms with Gasteiger partial charge in [0, 0.05) is 63.8 Å². The Morgan fingerprint density at radius 1 is 0.959 bits per heavy atom. The minimum atomic E-state index is -2.52. The van der Waals surface area contributed by atoms with Gasteiger partial charge in [0.05, 0.1) is 42.8 Å². The number of esters is 1. The van der Waals surface area contributed by atoms with E-state index in [-0.39, 0.29) is 62.2 Å². The van der Waals surface area contributed by atoms with Gasteiger partial charge in [-0.05, 0) is 114 Å². The smallest absolute Gasteiger partial charge is 0.329 e. The molecular formula is C57H85N3O13. The van der Waals surface area contributed by atoms with E-state index in [1.807, 2.05) is 57.3 Å². The van der Waals surface area contributed by atoms with Crippen LogP contribution in [-0.2, 0) is 54.2 Å². The number of H-pyrrole nitrogens is 1. The first-order valence-corrected chi connectivity index (χ1v) is 26.8. The van der Waals surface area contributed by atoms with Gasteiger partial charge in [-0.1, -0.05) is 71.4 Å². The number of aliphatic hydroxyl groups excluding tert-OH is 1. The fraction of sp³-hybridized carbons (Fsp3) is 0.702. The number of ketones is 2. The van der Waals surface area contributed by atoms with E-state index in [2.05, 4.69) is 31.8 Å². The monoisotopic (exact) mass is 1020 g/mol. The Kier molecular flexibility index (Phi) is 21.0. The van der Waals surface area contributed by atoms with E-state index in [0.29, 0.717) is 68.9 Å². The lowest BCUT2D eigenvalue weighted by Gasteiger charge is -2.47. The van der Waals surface area contributed by atoms with Crippen molar-refractivity contribution in [3.8, 4) is 17.0 Å². The molecule has 3 N–H and O–H groups in total. The molecule has 3 fully saturated rings. The molecule has 16 nitrogen and oxygen atoms in total. The maximum absolute atomic E-state index is 14.6. The Hall–Kier alpha value is -4.29. The summed E-state index contributed by atoms with van der Waals surface area (Å²) in [5.74, 6) is -5.71. The van der Waals surface area contributed by atoms with E-state index >= 15 is 0 Å². The number of carbonyl (C=O) groups excluding carboxylic acids is 4. The maximum Gasteiger partial charge on any atom is 0.329 e. The number of benzene rings is 1. The van der Waals surface area contributed by atoms with Crippen LogP contribution in [-0.4, -0.2) is 138 Å². The van der Waals surface area contributed by atoms with E-state index in [4.69, 9.17) is 38.1 Å². The lowest BCUT2D eigenvalue weighted by Crippen LogP contribution is -2.64. The molecule has 1 aromatic carbocycles. The number of ether oxygens (including phenoxy) is 7.